The summed E-state index contributed by atoms with van der Waals surface area (Å²) < 4.78 is 5.89. The van der Waals surface area contributed by atoms with Gasteiger partial charge < -0.3 is 15.2 Å². The number of hydrogen-bond acceptors (Lipinski definition) is 4. The number of rotatable bonds is 4. The Bertz CT molecular complexity index is 628. The van der Waals surface area contributed by atoms with Crippen molar-refractivity contribution in [3.63, 3.8) is 0 Å². The van der Waals surface area contributed by atoms with Gasteiger partial charge in [-0.1, -0.05) is 15.9 Å². The van der Waals surface area contributed by atoms with Crippen LogP contribution in [0.2, 0.25) is 0 Å². The predicted octanol–water partition coefficient (Wildman–Crippen LogP) is 2.47. The summed E-state index contributed by atoms with van der Waals surface area (Å²) in [6.07, 6.45) is 1.54. The van der Waals surface area contributed by atoms with Crippen LogP contribution in [0.3, 0.4) is 0 Å². The van der Waals surface area contributed by atoms with Gasteiger partial charge in [0.15, 0.2) is 11.5 Å². The third kappa shape index (κ3) is 3.02. The number of benzene rings is 1. The van der Waals surface area contributed by atoms with E-state index in [9.17, 15) is 14.7 Å². The summed E-state index contributed by atoms with van der Waals surface area (Å²) in [5.74, 6) is -0.0556. The molecule has 112 valence electrons. The molecular weight excluding hydrogens is 340 g/mol. The van der Waals surface area contributed by atoms with Gasteiger partial charge in [0.05, 0.1) is 6.61 Å². The smallest absolute Gasteiger partial charge is 0.328 e. The van der Waals surface area contributed by atoms with E-state index in [4.69, 9.17) is 4.74 Å². The number of halogens is 1. The Hall–Kier alpha value is -2.02. The molecule has 7 heteroatoms. The number of phenolic OH excluding ortho intramolecular Hbond substituents is 1. The van der Waals surface area contributed by atoms with Crippen LogP contribution in [0.15, 0.2) is 22.3 Å². The zero-order valence-electron chi connectivity index (χ0n) is 11.6. The number of imide groups is 1. The second-order valence-corrected chi connectivity index (χ2v) is 5.17. The number of aromatic hydroxyl groups is 1. The molecule has 2 N–H and O–H groups in total. The van der Waals surface area contributed by atoms with Gasteiger partial charge in [-0.2, -0.15) is 0 Å². The molecule has 0 radical (unpaired) electrons. The molecule has 1 fully saturated rings. The van der Waals surface area contributed by atoms with Gasteiger partial charge in [-0.25, -0.2) is 4.79 Å². The van der Waals surface area contributed by atoms with E-state index in [0.717, 1.165) is 4.90 Å². The van der Waals surface area contributed by atoms with Crippen molar-refractivity contribution in [2.24, 2.45) is 0 Å². The lowest BCUT2D eigenvalue weighted by molar-refractivity contribution is -0.122. The molecule has 6 nitrogen and oxygen atoms in total. The number of ether oxygens (including phenoxy) is 1. The Morgan fingerprint density at radius 2 is 2.10 bits per heavy atom. The average Bonchev–Trinajstić information content (AvgIpc) is 2.69. The van der Waals surface area contributed by atoms with Gasteiger partial charge >= 0.3 is 6.03 Å². The minimum Gasteiger partial charge on any atom is -0.504 e. The fourth-order valence-electron chi connectivity index (χ4n) is 1.95. The zero-order valence-corrected chi connectivity index (χ0v) is 13.2. The van der Waals surface area contributed by atoms with Gasteiger partial charge in [-0.15, -0.1) is 0 Å². The zero-order chi connectivity index (χ0) is 15.6. The Labute approximate surface area is 130 Å². The third-order valence-electron chi connectivity index (χ3n) is 2.96. The van der Waals surface area contributed by atoms with Crippen molar-refractivity contribution in [3.05, 3.63) is 27.9 Å². The molecule has 0 aliphatic carbocycles. The van der Waals surface area contributed by atoms with Gasteiger partial charge in [0, 0.05) is 11.0 Å². The first-order valence-electron chi connectivity index (χ1n) is 6.47. The summed E-state index contributed by atoms with van der Waals surface area (Å²) in [7, 11) is 0. The minimum atomic E-state index is -0.436. The lowest BCUT2D eigenvalue weighted by Crippen LogP contribution is -2.30. The van der Waals surface area contributed by atoms with E-state index in [2.05, 4.69) is 21.2 Å². The number of amides is 3. The molecule has 3 amide bonds. The van der Waals surface area contributed by atoms with Crippen LogP contribution in [0.1, 0.15) is 19.4 Å². The quantitative estimate of drug-likeness (QED) is 0.643. The number of nitrogens with one attached hydrogen (secondary N) is 1. The van der Waals surface area contributed by atoms with Gasteiger partial charge in [-0.05, 0) is 37.6 Å². The van der Waals surface area contributed by atoms with Crippen molar-refractivity contribution in [2.75, 3.05) is 13.2 Å². The molecule has 0 atom stereocenters. The summed E-state index contributed by atoms with van der Waals surface area (Å²) in [5, 5.41) is 12.3. The molecule has 21 heavy (non-hydrogen) atoms. The van der Waals surface area contributed by atoms with E-state index in [1.807, 2.05) is 0 Å². The molecule has 1 heterocycles. The second kappa shape index (κ2) is 6.17. The molecule has 1 aromatic carbocycles. The molecule has 0 saturated carbocycles. The van der Waals surface area contributed by atoms with Crippen molar-refractivity contribution in [1.82, 2.24) is 10.2 Å². The van der Waals surface area contributed by atoms with Gasteiger partial charge in [0.2, 0.25) is 0 Å². The normalized spacial score (nSPS) is 16.5. The summed E-state index contributed by atoms with van der Waals surface area (Å²) in [5.41, 5.74) is 0.813. The van der Waals surface area contributed by atoms with E-state index in [0.29, 0.717) is 28.9 Å². The highest BCUT2D eigenvalue weighted by Crippen LogP contribution is 2.34. The molecular formula is C14H15BrN2O4. The largest absolute Gasteiger partial charge is 0.504 e. The van der Waals surface area contributed by atoms with Gasteiger partial charge in [-0.3, -0.25) is 9.69 Å². The average molecular weight is 355 g/mol. The number of nitrogens with zero attached hydrogens (tertiary/aromatic N) is 1. The van der Waals surface area contributed by atoms with Crippen molar-refractivity contribution < 1.29 is 19.4 Å². The number of hydrogen-bond donors (Lipinski definition) is 2. The fourth-order valence-corrected chi connectivity index (χ4v) is 2.40. The Kier molecular flexibility index (Phi) is 4.52. The first-order chi connectivity index (χ1) is 9.97. The SMILES string of the molecule is CCOc1cc(/C=C2/NC(=O)N(CC)C2=O)c(Br)cc1O. The minimum absolute atomic E-state index is 0.00263. The lowest BCUT2D eigenvalue weighted by Gasteiger charge is -2.09. The van der Waals surface area contributed by atoms with Crippen LogP contribution in [0, 0.1) is 0 Å². The fraction of sp³-hybridized carbons (Fsp3) is 0.286. The standard InChI is InChI=1S/C14H15BrN2O4/c1-3-17-13(19)10(16-14(17)20)5-8-6-12(21-4-2)11(18)7-9(8)15/h5-7,18H,3-4H2,1-2H3,(H,16,20)/b10-5+. The highest BCUT2D eigenvalue weighted by Gasteiger charge is 2.32. The molecule has 1 saturated heterocycles. The Morgan fingerprint density at radius 1 is 1.38 bits per heavy atom. The van der Waals surface area contributed by atoms with E-state index in [-0.39, 0.29) is 17.4 Å². The predicted molar refractivity (Wildman–Crippen MR) is 80.9 cm³/mol. The van der Waals surface area contributed by atoms with Crippen LogP contribution < -0.4 is 10.1 Å². The number of carbonyl (C=O) groups is 2. The van der Waals surface area contributed by atoms with Crippen LogP contribution in [0.25, 0.3) is 6.08 Å². The maximum Gasteiger partial charge on any atom is 0.328 e. The van der Waals surface area contributed by atoms with Crippen LogP contribution in [-0.4, -0.2) is 35.1 Å². The van der Waals surface area contributed by atoms with Crippen LogP contribution >= 0.6 is 15.9 Å². The van der Waals surface area contributed by atoms with Crippen molar-refractivity contribution in [2.45, 2.75) is 13.8 Å². The maximum atomic E-state index is 12.0. The lowest BCUT2D eigenvalue weighted by atomic mass is 10.1. The van der Waals surface area contributed by atoms with Crippen LogP contribution in [-0.2, 0) is 4.79 Å². The summed E-state index contributed by atoms with van der Waals surface area (Å²) in [4.78, 5) is 24.7. The Morgan fingerprint density at radius 3 is 2.67 bits per heavy atom. The van der Waals surface area contributed by atoms with Crippen LogP contribution in [0.5, 0.6) is 11.5 Å². The first kappa shape index (κ1) is 15.4. The maximum absolute atomic E-state index is 12.0. The molecule has 0 unspecified atom stereocenters. The summed E-state index contributed by atoms with van der Waals surface area (Å²) >= 11 is 3.31. The van der Waals surface area contributed by atoms with Crippen LogP contribution in [0.4, 0.5) is 4.79 Å². The highest BCUT2D eigenvalue weighted by atomic mass is 79.9. The topological polar surface area (TPSA) is 78.9 Å². The molecule has 1 aromatic rings. The molecule has 1 aliphatic rings. The molecule has 2 rings (SSSR count). The number of carbonyl (C=O) groups excluding carboxylic acids is 2. The monoisotopic (exact) mass is 354 g/mol. The second-order valence-electron chi connectivity index (χ2n) is 4.31. The number of phenols is 1. The van der Waals surface area contributed by atoms with Gasteiger partial charge in [0.1, 0.15) is 5.70 Å². The van der Waals surface area contributed by atoms with E-state index in [1.165, 1.54) is 6.07 Å². The summed E-state index contributed by atoms with van der Waals surface area (Å²) in [6.45, 7) is 4.25. The van der Waals surface area contributed by atoms with E-state index in [1.54, 1.807) is 26.0 Å². The number of urea groups is 1. The van der Waals surface area contributed by atoms with Crippen molar-refractivity contribution in [3.8, 4) is 11.5 Å². The molecule has 0 bridgehead atoms. The molecule has 0 spiro atoms. The van der Waals surface area contributed by atoms with E-state index < -0.39 is 6.03 Å². The number of likely N-dealkylation sites (N-methyl/N-ethyl adjacent to an activating group) is 1. The molecule has 1 aliphatic heterocycles. The third-order valence-corrected chi connectivity index (χ3v) is 3.64. The van der Waals surface area contributed by atoms with Crippen molar-refractivity contribution in [1.29, 1.82) is 0 Å². The van der Waals surface area contributed by atoms with E-state index >= 15 is 0 Å². The highest BCUT2D eigenvalue weighted by molar-refractivity contribution is 9.10. The van der Waals surface area contributed by atoms with Crippen molar-refractivity contribution >= 4 is 33.9 Å². The van der Waals surface area contributed by atoms with Gasteiger partial charge in [0.25, 0.3) is 5.91 Å². The summed E-state index contributed by atoms with van der Waals surface area (Å²) in [6, 6.07) is 2.65. The first-order valence-corrected chi connectivity index (χ1v) is 7.27. The molecule has 0 aromatic heterocycles. The Balaban J connectivity index is 2.39.